The lowest BCUT2D eigenvalue weighted by molar-refractivity contribution is 0.766. The highest BCUT2D eigenvalue weighted by atomic mass is 35.5. The van der Waals surface area contributed by atoms with Gasteiger partial charge < -0.3 is 10.6 Å². The van der Waals surface area contributed by atoms with Crippen molar-refractivity contribution in [2.45, 2.75) is 18.2 Å². The van der Waals surface area contributed by atoms with Crippen LogP contribution >= 0.6 is 23.4 Å². The van der Waals surface area contributed by atoms with Crippen LogP contribution in [0, 0.1) is 0 Å². The predicted molar refractivity (Wildman–Crippen MR) is 103 cm³/mol. The normalized spacial score (nSPS) is 11.5. The summed E-state index contributed by atoms with van der Waals surface area (Å²) >= 11 is 7.69. The Hall–Kier alpha value is -1.66. The Bertz CT molecular complexity index is 639. The third-order valence-corrected chi connectivity index (χ3v) is 4.52. The van der Waals surface area contributed by atoms with Gasteiger partial charge >= 0.3 is 0 Å². The van der Waals surface area contributed by atoms with Crippen LogP contribution in [0.5, 0.6) is 0 Å². The standard InChI is InChI=1S/C17H24ClN5S/c1-3-19-17(20-9-8-14-12-22-23(2)13-14)21-10-11-24-16-6-4-15(18)5-7-16/h4-7,12-13H,3,8-11H2,1-2H3,(H2,19,20,21). The van der Waals surface area contributed by atoms with E-state index in [9.17, 15) is 0 Å². The van der Waals surface area contributed by atoms with Crippen LogP contribution in [0.25, 0.3) is 0 Å². The molecule has 0 spiro atoms. The van der Waals surface area contributed by atoms with Gasteiger partial charge in [0, 0.05) is 48.5 Å². The number of halogens is 1. The Morgan fingerprint density at radius 2 is 2.08 bits per heavy atom. The molecule has 0 aliphatic rings. The van der Waals surface area contributed by atoms with Gasteiger partial charge in [-0.3, -0.25) is 9.67 Å². The number of benzene rings is 1. The van der Waals surface area contributed by atoms with Gasteiger partial charge in [-0.2, -0.15) is 5.10 Å². The van der Waals surface area contributed by atoms with E-state index in [1.165, 1.54) is 10.5 Å². The van der Waals surface area contributed by atoms with Crippen molar-refractivity contribution >= 4 is 29.3 Å². The number of rotatable bonds is 8. The molecule has 0 unspecified atom stereocenters. The van der Waals surface area contributed by atoms with E-state index in [1.54, 1.807) is 11.8 Å². The Balaban J connectivity index is 1.71. The highest BCUT2D eigenvalue weighted by molar-refractivity contribution is 7.99. The molecule has 24 heavy (non-hydrogen) atoms. The number of aromatic nitrogens is 2. The zero-order valence-corrected chi connectivity index (χ0v) is 15.7. The molecule has 0 saturated carbocycles. The molecule has 0 aliphatic heterocycles. The zero-order chi connectivity index (χ0) is 17.2. The molecule has 0 bridgehead atoms. The van der Waals surface area contributed by atoms with Crippen molar-refractivity contribution in [3.05, 3.63) is 47.2 Å². The van der Waals surface area contributed by atoms with Gasteiger partial charge in [0.05, 0.1) is 6.20 Å². The lowest BCUT2D eigenvalue weighted by atomic mass is 10.3. The van der Waals surface area contributed by atoms with Gasteiger partial charge in [0.25, 0.3) is 0 Å². The second-order valence-electron chi connectivity index (χ2n) is 5.26. The van der Waals surface area contributed by atoms with Crippen LogP contribution in [0.2, 0.25) is 5.02 Å². The molecule has 0 saturated heterocycles. The van der Waals surface area contributed by atoms with E-state index in [1.807, 2.05) is 48.4 Å². The van der Waals surface area contributed by atoms with Gasteiger partial charge in [-0.05, 0) is 43.2 Å². The Morgan fingerprint density at radius 3 is 2.75 bits per heavy atom. The van der Waals surface area contributed by atoms with Crippen LogP contribution in [0.1, 0.15) is 12.5 Å². The monoisotopic (exact) mass is 365 g/mol. The first-order chi connectivity index (χ1) is 11.7. The summed E-state index contributed by atoms with van der Waals surface area (Å²) in [6, 6.07) is 7.92. The first kappa shape index (κ1) is 18.7. The summed E-state index contributed by atoms with van der Waals surface area (Å²) in [5.74, 6) is 1.83. The molecule has 5 nitrogen and oxygen atoms in total. The molecule has 1 aromatic carbocycles. The molecule has 0 fully saturated rings. The fraction of sp³-hybridized carbons (Fsp3) is 0.412. The number of aryl methyl sites for hydroxylation is 1. The highest BCUT2D eigenvalue weighted by Gasteiger charge is 1.99. The summed E-state index contributed by atoms with van der Waals surface area (Å²) in [6.07, 6.45) is 4.81. The summed E-state index contributed by atoms with van der Waals surface area (Å²) < 4.78 is 1.82. The summed E-state index contributed by atoms with van der Waals surface area (Å²) in [5, 5.41) is 11.6. The van der Waals surface area contributed by atoms with Crippen molar-refractivity contribution in [1.29, 1.82) is 0 Å². The molecule has 0 radical (unpaired) electrons. The summed E-state index contributed by atoms with van der Waals surface area (Å²) in [6.45, 7) is 4.52. The molecule has 1 aromatic heterocycles. The number of nitrogens with one attached hydrogen (secondary N) is 2. The van der Waals surface area contributed by atoms with Gasteiger partial charge in [0.15, 0.2) is 5.96 Å². The van der Waals surface area contributed by atoms with Gasteiger partial charge in [-0.25, -0.2) is 0 Å². The lowest BCUT2D eigenvalue weighted by Crippen LogP contribution is -2.38. The Labute approximate surface area is 152 Å². The molecule has 0 atom stereocenters. The molecule has 2 rings (SSSR count). The predicted octanol–water partition coefficient (Wildman–Crippen LogP) is 2.96. The largest absolute Gasteiger partial charge is 0.357 e. The lowest BCUT2D eigenvalue weighted by Gasteiger charge is -2.11. The second-order valence-corrected chi connectivity index (χ2v) is 6.87. The molecule has 2 N–H and O–H groups in total. The fourth-order valence-electron chi connectivity index (χ4n) is 2.11. The molecule has 0 amide bonds. The van der Waals surface area contributed by atoms with Crippen LogP contribution in [-0.2, 0) is 13.5 Å². The van der Waals surface area contributed by atoms with Crippen LogP contribution in [0.15, 0.2) is 46.5 Å². The quantitative estimate of drug-likeness (QED) is 0.327. The minimum absolute atomic E-state index is 0.741. The van der Waals surface area contributed by atoms with Crippen LogP contribution in [0.3, 0.4) is 0 Å². The Kier molecular flexibility index (Phi) is 7.98. The first-order valence-electron chi connectivity index (χ1n) is 8.05. The van der Waals surface area contributed by atoms with Crippen molar-refractivity contribution in [3.8, 4) is 0 Å². The van der Waals surface area contributed by atoms with Gasteiger partial charge in [0.1, 0.15) is 0 Å². The van der Waals surface area contributed by atoms with Crippen LogP contribution < -0.4 is 10.6 Å². The molecular formula is C17H24ClN5S. The fourth-order valence-corrected chi connectivity index (χ4v) is 3.00. The second kappa shape index (κ2) is 10.3. The molecule has 7 heteroatoms. The molecular weight excluding hydrogens is 342 g/mol. The van der Waals surface area contributed by atoms with Crippen molar-refractivity contribution in [2.24, 2.45) is 12.0 Å². The van der Waals surface area contributed by atoms with E-state index in [2.05, 4.69) is 27.6 Å². The van der Waals surface area contributed by atoms with E-state index in [-0.39, 0.29) is 0 Å². The van der Waals surface area contributed by atoms with Crippen LogP contribution in [0.4, 0.5) is 0 Å². The van der Waals surface area contributed by atoms with Crippen LogP contribution in [-0.4, -0.2) is 41.1 Å². The van der Waals surface area contributed by atoms with Crippen molar-refractivity contribution in [3.63, 3.8) is 0 Å². The smallest absolute Gasteiger partial charge is 0.191 e. The number of aliphatic imine (C=N–C) groups is 1. The minimum Gasteiger partial charge on any atom is -0.357 e. The maximum Gasteiger partial charge on any atom is 0.191 e. The van der Waals surface area contributed by atoms with E-state index < -0.39 is 0 Å². The highest BCUT2D eigenvalue weighted by Crippen LogP contribution is 2.19. The van der Waals surface area contributed by atoms with Crippen molar-refractivity contribution < 1.29 is 0 Å². The van der Waals surface area contributed by atoms with E-state index in [0.717, 1.165) is 42.8 Å². The zero-order valence-electron chi connectivity index (χ0n) is 14.1. The van der Waals surface area contributed by atoms with E-state index in [4.69, 9.17) is 11.6 Å². The summed E-state index contributed by atoms with van der Waals surface area (Å²) in [5.41, 5.74) is 1.20. The molecule has 1 heterocycles. The van der Waals surface area contributed by atoms with Gasteiger partial charge in [-0.1, -0.05) is 11.6 Å². The molecule has 2 aromatic rings. The van der Waals surface area contributed by atoms with E-state index in [0.29, 0.717) is 0 Å². The first-order valence-corrected chi connectivity index (χ1v) is 9.42. The Morgan fingerprint density at radius 1 is 1.29 bits per heavy atom. The number of nitrogens with zero attached hydrogens (tertiary/aromatic N) is 3. The third-order valence-electron chi connectivity index (χ3n) is 3.25. The number of hydrogen-bond acceptors (Lipinski definition) is 3. The van der Waals surface area contributed by atoms with Gasteiger partial charge in [-0.15, -0.1) is 11.8 Å². The maximum atomic E-state index is 5.89. The summed E-state index contributed by atoms with van der Waals surface area (Å²) in [4.78, 5) is 5.83. The van der Waals surface area contributed by atoms with E-state index >= 15 is 0 Å². The average Bonchev–Trinajstić information content (AvgIpc) is 2.98. The summed E-state index contributed by atoms with van der Waals surface area (Å²) in [7, 11) is 1.93. The number of guanidine groups is 1. The minimum atomic E-state index is 0.741. The molecule has 130 valence electrons. The topological polar surface area (TPSA) is 54.2 Å². The number of thioether (sulfide) groups is 1. The molecule has 0 aliphatic carbocycles. The third kappa shape index (κ3) is 6.84. The van der Waals surface area contributed by atoms with Crippen molar-refractivity contribution in [2.75, 3.05) is 25.4 Å². The number of hydrogen-bond donors (Lipinski definition) is 2. The van der Waals surface area contributed by atoms with Gasteiger partial charge in [0.2, 0.25) is 0 Å². The SMILES string of the molecule is CCNC(=NCCc1cnn(C)c1)NCCSc1ccc(Cl)cc1. The van der Waals surface area contributed by atoms with Crippen molar-refractivity contribution in [1.82, 2.24) is 20.4 Å². The average molecular weight is 366 g/mol. The maximum absolute atomic E-state index is 5.89.